The summed E-state index contributed by atoms with van der Waals surface area (Å²) in [7, 11) is 0. The molecule has 1 aliphatic heterocycles. The van der Waals surface area contributed by atoms with E-state index in [4.69, 9.17) is 0 Å². The third-order valence-electron chi connectivity index (χ3n) is 4.14. The molecule has 1 fully saturated rings. The first-order chi connectivity index (χ1) is 11.1. The molecule has 3 rings (SSSR count). The molecular weight excluding hydrogens is 310 g/mol. The number of para-hydroxylation sites is 1. The third-order valence-corrected chi connectivity index (χ3v) is 5.13. The first kappa shape index (κ1) is 16.1. The first-order valence-corrected chi connectivity index (χ1v) is 8.93. The Morgan fingerprint density at radius 2 is 2.09 bits per heavy atom. The molecule has 0 unspecified atom stereocenters. The Bertz CT molecular complexity index is 693. The number of carbonyl (C=O) groups excluding carboxylic acids is 1. The van der Waals surface area contributed by atoms with Gasteiger partial charge < -0.3 is 10.4 Å². The number of aryl methyl sites for hydroxylation is 1. The molecule has 2 heterocycles. The van der Waals surface area contributed by atoms with E-state index < -0.39 is 5.60 Å². The minimum atomic E-state index is -1.22. The summed E-state index contributed by atoms with van der Waals surface area (Å²) in [6, 6.07) is 9.77. The van der Waals surface area contributed by atoms with Crippen molar-refractivity contribution in [3.63, 3.8) is 0 Å². The van der Waals surface area contributed by atoms with Crippen molar-refractivity contribution in [3.8, 4) is 5.69 Å². The average molecular weight is 331 g/mol. The molecule has 1 aliphatic rings. The van der Waals surface area contributed by atoms with E-state index >= 15 is 0 Å². The van der Waals surface area contributed by atoms with Crippen LogP contribution < -0.4 is 5.32 Å². The van der Waals surface area contributed by atoms with Crippen LogP contribution in [-0.2, 0) is 11.3 Å². The summed E-state index contributed by atoms with van der Waals surface area (Å²) in [4.78, 5) is 12.4. The van der Waals surface area contributed by atoms with E-state index in [0.717, 1.165) is 28.5 Å². The summed E-state index contributed by atoms with van der Waals surface area (Å²) in [5.74, 6) is 1.38. The zero-order chi connectivity index (χ0) is 16.3. The Hall–Kier alpha value is -1.79. The van der Waals surface area contributed by atoms with Gasteiger partial charge in [0.15, 0.2) is 0 Å². The van der Waals surface area contributed by atoms with E-state index in [1.807, 2.05) is 48.1 Å². The van der Waals surface area contributed by atoms with Crippen molar-refractivity contribution in [3.05, 3.63) is 47.8 Å². The van der Waals surface area contributed by atoms with Crippen LogP contribution in [0, 0.1) is 6.92 Å². The van der Waals surface area contributed by atoms with E-state index in [9.17, 15) is 9.90 Å². The predicted molar refractivity (Wildman–Crippen MR) is 91.7 cm³/mol. The van der Waals surface area contributed by atoms with Gasteiger partial charge in [0.25, 0.3) is 5.91 Å². The van der Waals surface area contributed by atoms with Gasteiger partial charge in [-0.25, -0.2) is 4.68 Å². The van der Waals surface area contributed by atoms with E-state index in [-0.39, 0.29) is 5.91 Å². The van der Waals surface area contributed by atoms with Gasteiger partial charge in [-0.15, -0.1) is 0 Å². The van der Waals surface area contributed by atoms with Crippen LogP contribution in [0.15, 0.2) is 36.5 Å². The highest BCUT2D eigenvalue weighted by molar-refractivity contribution is 7.99. The second-order valence-corrected chi connectivity index (χ2v) is 7.08. The van der Waals surface area contributed by atoms with Crippen LogP contribution in [0.1, 0.15) is 24.1 Å². The number of nitrogens with zero attached hydrogens (tertiary/aromatic N) is 2. The van der Waals surface area contributed by atoms with Crippen molar-refractivity contribution in [2.75, 3.05) is 11.5 Å². The molecule has 2 N–H and O–H groups in total. The molecule has 23 heavy (non-hydrogen) atoms. The van der Waals surface area contributed by atoms with E-state index in [1.165, 1.54) is 0 Å². The molecule has 5 nitrogen and oxygen atoms in total. The normalized spacial score (nSPS) is 17.0. The van der Waals surface area contributed by atoms with Crippen LogP contribution in [0.3, 0.4) is 0 Å². The fourth-order valence-corrected chi connectivity index (χ4v) is 3.88. The zero-order valence-electron chi connectivity index (χ0n) is 13.2. The number of rotatable bonds is 4. The van der Waals surface area contributed by atoms with E-state index in [1.54, 1.807) is 11.8 Å². The number of aromatic nitrogens is 2. The summed E-state index contributed by atoms with van der Waals surface area (Å²) in [5.41, 5.74) is 1.63. The Labute approximate surface area is 140 Å². The second kappa shape index (κ2) is 6.76. The Kier molecular flexibility index (Phi) is 4.73. The molecular formula is C17H21N3O2S. The lowest BCUT2D eigenvalue weighted by Crippen LogP contribution is -2.48. The fraction of sp³-hybridized carbons (Fsp3) is 0.412. The van der Waals surface area contributed by atoms with Gasteiger partial charge in [-0.3, -0.25) is 4.79 Å². The predicted octanol–water partition coefficient (Wildman–Crippen LogP) is 2.06. The number of benzene rings is 1. The molecule has 1 aromatic heterocycles. The quantitative estimate of drug-likeness (QED) is 0.900. The summed E-state index contributed by atoms with van der Waals surface area (Å²) in [5, 5.41) is 17.8. The van der Waals surface area contributed by atoms with Crippen LogP contribution in [0.4, 0.5) is 0 Å². The van der Waals surface area contributed by atoms with Crippen molar-refractivity contribution in [1.29, 1.82) is 0 Å². The van der Waals surface area contributed by atoms with Crippen molar-refractivity contribution in [2.45, 2.75) is 31.9 Å². The van der Waals surface area contributed by atoms with E-state index in [2.05, 4.69) is 10.4 Å². The Morgan fingerprint density at radius 3 is 2.78 bits per heavy atom. The largest absolute Gasteiger partial charge is 0.380 e. The minimum absolute atomic E-state index is 0.274. The van der Waals surface area contributed by atoms with Gasteiger partial charge in [0.2, 0.25) is 0 Å². The molecule has 6 heteroatoms. The molecule has 1 saturated heterocycles. The van der Waals surface area contributed by atoms with Crippen molar-refractivity contribution in [2.24, 2.45) is 0 Å². The standard InChI is InChI=1S/C17H21N3O2S/c1-13-6-9-20(19-13)15-5-3-2-4-14(15)12-18-16(21)17(22)7-10-23-11-8-17/h2-6,9,22H,7-8,10-12H2,1H3,(H,18,21). The minimum Gasteiger partial charge on any atom is -0.380 e. The molecule has 0 saturated carbocycles. The van der Waals surface area contributed by atoms with Gasteiger partial charge >= 0.3 is 0 Å². The average Bonchev–Trinajstić information content (AvgIpc) is 3.00. The van der Waals surface area contributed by atoms with Crippen LogP contribution in [0.5, 0.6) is 0 Å². The topological polar surface area (TPSA) is 67.2 Å². The Balaban J connectivity index is 1.72. The monoisotopic (exact) mass is 331 g/mol. The summed E-state index contributed by atoms with van der Waals surface area (Å²) in [6.45, 7) is 2.32. The number of hydrogen-bond acceptors (Lipinski definition) is 4. The van der Waals surface area contributed by atoms with Gasteiger partial charge in [-0.1, -0.05) is 18.2 Å². The van der Waals surface area contributed by atoms with Crippen LogP contribution in [-0.4, -0.2) is 37.9 Å². The van der Waals surface area contributed by atoms with Gasteiger partial charge in [-0.2, -0.15) is 16.9 Å². The number of amides is 1. The number of thioether (sulfide) groups is 1. The van der Waals surface area contributed by atoms with E-state index in [0.29, 0.717) is 19.4 Å². The maximum atomic E-state index is 12.4. The smallest absolute Gasteiger partial charge is 0.252 e. The molecule has 1 amide bonds. The Morgan fingerprint density at radius 1 is 1.35 bits per heavy atom. The van der Waals surface area contributed by atoms with Crippen molar-refractivity contribution in [1.82, 2.24) is 15.1 Å². The molecule has 0 aliphatic carbocycles. The second-order valence-electron chi connectivity index (χ2n) is 5.86. The molecule has 1 aromatic carbocycles. The highest BCUT2D eigenvalue weighted by atomic mass is 32.2. The lowest BCUT2D eigenvalue weighted by Gasteiger charge is -2.30. The van der Waals surface area contributed by atoms with Crippen molar-refractivity contribution >= 4 is 17.7 Å². The molecule has 0 spiro atoms. The van der Waals surface area contributed by atoms with Gasteiger partial charge in [0, 0.05) is 12.7 Å². The highest BCUT2D eigenvalue weighted by Gasteiger charge is 2.37. The zero-order valence-corrected chi connectivity index (χ0v) is 14.0. The van der Waals surface area contributed by atoms with Gasteiger partial charge in [0.05, 0.1) is 11.4 Å². The maximum absolute atomic E-state index is 12.4. The van der Waals surface area contributed by atoms with Crippen molar-refractivity contribution < 1.29 is 9.90 Å². The van der Waals surface area contributed by atoms with Crippen LogP contribution in [0.25, 0.3) is 5.69 Å². The number of aliphatic hydroxyl groups is 1. The number of hydrogen-bond donors (Lipinski definition) is 2. The fourth-order valence-electron chi connectivity index (χ4n) is 2.71. The third kappa shape index (κ3) is 3.59. The lowest BCUT2D eigenvalue weighted by molar-refractivity contribution is -0.140. The summed E-state index contributed by atoms with van der Waals surface area (Å²) < 4.78 is 1.81. The summed E-state index contributed by atoms with van der Waals surface area (Å²) in [6.07, 6.45) is 2.94. The molecule has 2 aromatic rings. The van der Waals surface area contributed by atoms with Gasteiger partial charge in [-0.05, 0) is 49.0 Å². The molecule has 0 bridgehead atoms. The lowest BCUT2D eigenvalue weighted by atomic mass is 9.95. The maximum Gasteiger partial charge on any atom is 0.252 e. The van der Waals surface area contributed by atoms with Crippen LogP contribution in [0.2, 0.25) is 0 Å². The summed E-state index contributed by atoms with van der Waals surface area (Å²) >= 11 is 1.78. The number of carbonyl (C=O) groups is 1. The number of nitrogens with one attached hydrogen (secondary N) is 1. The molecule has 122 valence electrons. The van der Waals surface area contributed by atoms with Crippen LogP contribution >= 0.6 is 11.8 Å². The van der Waals surface area contributed by atoms with Gasteiger partial charge in [0.1, 0.15) is 5.60 Å². The highest BCUT2D eigenvalue weighted by Crippen LogP contribution is 2.27. The molecule has 0 atom stereocenters. The SMILES string of the molecule is Cc1ccn(-c2ccccc2CNC(=O)C2(O)CCSCC2)n1. The first-order valence-electron chi connectivity index (χ1n) is 7.77. The molecule has 0 radical (unpaired) electrons.